The van der Waals surface area contributed by atoms with E-state index in [1.54, 1.807) is 38.1 Å². The van der Waals surface area contributed by atoms with Crippen molar-refractivity contribution in [3.8, 4) is 0 Å². The van der Waals surface area contributed by atoms with Gasteiger partial charge in [0.25, 0.3) is 5.91 Å². The molecule has 0 radical (unpaired) electrons. The molecule has 2 N–H and O–H groups in total. The Balaban J connectivity index is 1.72. The van der Waals surface area contributed by atoms with E-state index in [9.17, 15) is 9.59 Å². The Morgan fingerprint density at radius 3 is 2.88 bits per heavy atom. The normalized spacial score (nSPS) is 12.1. The summed E-state index contributed by atoms with van der Waals surface area (Å²) in [6.07, 6.45) is -0.638. The largest absolute Gasteiger partial charge is 0.447 e. The van der Waals surface area contributed by atoms with Crippen molar-refractivity contribution < 1.29 is 18.8 Å². The Bertz CT molecular complexity index is 883. The first-order valence-corrected chi connectivity index (χ1v) is 7.46. The summed E-state index contributed by atoms with van der Waals surface area (Å²) in [5.74, 6) is -0.291. The number of ether oxygens (including phenoxy) is 1. The Kier molecular flexibility index (Phi) is 4.28. The van der Waals surface area contributed by atoms with Crippen LogP contribution in [0.3, 0.4) is 0 Å². The van der Waals surface area contributed by atoms with Gasteiger partial charge in [-0.15, -0.1) is 0 Å². The number of anilines is 1. The van der Waals surface area contributed by atoms with Crippen LogP contribution < -0.4 is 5.32 Å². The number of benzene rings is 1. The Morgan fingerprint density at radius 1 is 1.38 bits per heavy atom. The number of nitrogens with zero attached hydrogens (tertiary/aromatic N) is 2. The number of hydrogen-bond acceptors (Lipinski definition) is 6. The Labute approximate surface area is 137 Å². The van der Waals surface area contributed by atoms with E-state index < -0.39 is 18.0 Å². The minimum atomic E-state index is -0.954. The van der Waals surface area contributed by atoms with E-state index >= 15 is 0 Å². The second-order valence-electron chi connectivity index (χ2n) is 5.23. The number of fused-ring (bicyclic) bond motifs is 1. The lowest BCUT2D eigenvalue weighted by Gasteiger charge is -2.14. The summed E-state index contributed by atoms with van der Waals surface area (Å²) in [4.78, 5) is 24.6. The van der Waals surface area contributed by atoms with Crippen LogP contribution in [0.25, 0.3) is 10.9 Å². The summed E-state index contributed by atoms with van der Waals surface area (Å²) in [5.41, 5.74) is 0.870. The number of carbonyl (C=O) groups is 2. The molecule has 8 heteroatoms. The molecule has 0 aliphatic heterocycles. The van der Waals surface area contributed by atoms with E-state index in [0.29, 0.717) is 17.6 Å². The van der Waals surface area contributed by atoms with Crippen molar-refractivity contribution in [3.05, 3.63) is 41.8 Å². The highest BCUT2D eigenvalue weighted by atomic mass is 16.5. The molecular weight excluding hydrogens is 312 g/mol. The molecule has 1 amide bonds. The summed E-state index contributed by atoms with van der Waals surface area (Å²) >= 11 is 0. The summed E-state index contributed by atoms with van der Waals surface area (Å²) in [6.45, 7) is 3.46. The third-order valence-electron chi connectivity index (χ3n) is 3.46. The van der Waals surface area contributed by atoms with Crippen LogP contribution in [0.5, 0.6) is 0 Å². The zero-order valence-corrected chi connectivity index (χ0v) is 13.2. The molecule has 1 atom stereocenters. The van der Waals surface area contributed by atoms with Gasteiger partial charge in [-0.25, -0.2) is 4.79 Å². The quantitative estimate of drug-likeness (QED) is 0.696. The molecule has 8 nitrogen and oxygen atoms in total. The molecule has 0 aliphatic rings. The van der Waals surface area contributed by atoms with Gasteiger partial charge in [-0.3, -0.25) is 9.89 Å². The van der Waals surface area contributed by atoms with Crippen LogP contribution in [0.15, 0.2) is 34.9 Å². The zero-order valence-electron chi connectivity index (χ0n) is 13.2. The first kappa shape index (κ1) is 15.7. The van der Waals surface area contributed by atoms with Crippen LogP contribution >= 0.6 is 0 Å². The maximum absolute atomic E-state index is 12.3. The highest BCUT2D eigenvalue weighted by molar-refractivity contribution is 6.03. The molecule has 0 saturated heterocycles. The van der Waals surface area contributed by atoms with Crippen molar-refractivity contribution in [2.45, 2.75) is 26.4 Å². The van der Waals surface area contributed by atoms with Gasteiger partial charge < -0.3 is 14.6 Å². The third-order valence-corrected chi connectivity index (χ3v) is 3.46. The van der Waals surface area contributed by atoms with Gasteiger partial charge in [-0.2, -0.15) is 5.10 Å². The van der Waals surface area contributed by atoms with Crippen molar-refractivity contribution in [3.63, 3.8) is 0 Å². The van der Waals surface area contributed by atoms with Gasteiger partial charge in [0.05, 0.1) is 5.52 Å². The lowest BCUT2D eigenvalue weighted by molar-refractivity contribution is -0.124. The number of hydrogen-bond donors (Lipinski definition) is 2. The van der Waals surface area contributed by atoms with Crippen molar-refractivity contribution >= 4 is 28.6 Å². The van der Waals surface area contributed by atoms with Gasteiger partial charge in [0.1, 0.15) is 5.76 Å². The predicted octanol–water partition coefficient (Wildman–Crippen LogP) is 2.43. The lowest BCUT2D eigenvalue weighted by Crippen LogP contribution is -2.32. The molecule has 0 saturated carbocycles. The molecular formula is C16H16N4O4. The van der Waals surface area contributed by atoms with Gasteiger partial charge in [-0.1, -0.05) is 30.3 Å². The molecule has 2 aromatic heterocycles. The van der Waals surface area contributed by atoms with Crippen molar-refractivity contribution in [1.82, 2.24) is 15.4 Å². The van der Waals surface area contributed by atoms with Gasteiger partial charge in [0.15, 0.2) is 17.6 Å². The van der Waals surface area contributed by atoms with Crippen LogP contribution in [0.1, 0.15) is 29.6 Å². The fourth-order valence-corrected chi connectivity index (χ4v) is 2.26. The summed E-state index contributed by atoms with van der Waals surface area (Å²) in [7, 11) is 0. The highest BCUT2D eigenvalue weighted by Gasteiger charge is 2.25. The number of aryl methyl sites for hydroxylation is 1. The van der Waals surface area contributed by atoms with Crippen molar-refractivity contribution in [2.24, 2.45) is 0 Å². The summed E-state index contributed by atoms with van der Waals surface area (Å²) in [5, 5.41) is 13.6. The number of nitrogens with one attached hydrogen (secondary N) is 2. The van der Waals surface area contributed by atoms with Crippen LogP contribution in [0, 0.1) is 6.92 Å². The highest BCUT2D eigenvalue weighted by Crippen LogP contribution is 2.17. The molecule has 24 heavy (non-hydrogen) atoms. The second-order valence-corrected chi connectivity index (χ2v) is 5.23. The topological polar surface area (TPSA) is 110 Å². The third kappa shape index (κ3) is 3.12. The molecule has 0 bridgehead atoms. The zero-order chi connectivity index (χ0) is 17.1. The summed E-state index contributed by atoms with van der Waals surface area (Å²) in [6, 6.07) is 8.77. The second kappa shape index (κ2) is 6.53. The minimum Gasteiger partial charge on any atom is -0.447 e. The molecule has 124 valence electrons. The van der Waals surface area contributed by atoms with Crippen LogP contribution in [0.4, 0.5) is 5.82 Å². The average molecular weight is 328 g/mol. The number of para-hydroxylation sites is 1. The van der Waals surface area contributed by atoms with Gasteiger partial charge >= 0.3 is 5.97 Å². The fraction of sp³-hybridized carbons (Fsp3) is 0.250. The molecule has 2 heterocycles. The number of esters is 1. The molecule has 0 aliphatic carbocycles. The maximum atomic E-state index is 12.3. The number of H-pyrrole nitrogens is 1. The number of amides is 1. The minimum absolute atomic E-state index is 0.147. The number of carbonyl (C=O) groups excluding carboxylic acids is 2. The van der Waals surface area contributed by atoms with E-state index in [0.717, 1.165) is 5.52 Å². The van der Waals surface area contributed by atoms with Crippen molar-refractivity contribution in [1.29, 1.82) is 0 Å². The molecule has 3 rings (SSSR count). The van der Waals surface area contributed by atoms with E-state index in [2.05, 4.69) is 20.7 Å². The van der Waals surface area contributed by atoms with Crippen LogP contribution in [-0.4, -0.2) is 33.3 Å². The first-order chi connectivity index (χ1) is 11.6. The number of aromatic amines is 1. The summed E-state index contributed by atoms with van der Waals surface area (Å²) < 4.78 is 10.2. The molecule has 0 fully saturated rings. The smallest absolute Gasteiger partial charge is 0.360 e. The fourth-order valence-electron chi connectivity index (χ4n) is 2.26. The van der Waals surface area contributed by atoms with E-state index in [1.165, 1.54) is 0 Å². The average Bonchev–Trinajstić information content (AvgIpc) is 3.18. The number of aromatic nitrogens is 3. The molecule has 0 spiro atoms. The van der Waals surface area contributed by atoms with Crippen LogP contribution in [0.2, 0.25) is 0 Å². The Hall–Kier alpha value is -3.16. The standard InChI is InChI=1S/C16H16N4O4/c1-3-12(15(21)17-13-8-9(2)24-20-13)23-16(22)14-10-6-4-5-7-11(10)18-19-14/h4-8,12H,3H2,1-2H3,(H,18,19)(H,17,20,21)/t12-/m1/s1. The Morgan fingerprint density at radius 2 is 2.17 bits per heavy atom. The van der Waals surface area contributed by atoms with Crippen molar-refractivity contribution in [2.75, 3.05) is 5.32 Å². The van der Waals surface area contributed by atoms with Crippen LogP contribution in [-0.2, 0) is 9.53 Å². The van der Waals surface area contributed by atoms with Gasteiger partial charge in [-0.05, 0) is 19.4 Å². The first-order valence-electron chi connectivity index (χ1n) is 7.46. The molecule has 0 unspecified atom stereocenters. The maximum Gasteiger partial charge on any atom is 0.360 e. The van der Waals surface area contributed by atoms with E-state index in [-0.39, 0.29) is 11.5 Å². The predicted molar refractivity (Wildman–Crippen MR) is 85.5 cm³/mol. The van der Waals surface area contributed by atoms with Gasteiger partial charge in [0, 0.05) is 11.5 Å². The lowest BCUT2D eigenvalue weighted by atomic mass is 10.2. The van der Waals surface area contributed by atoms with E-state index in [4.69, 9.17) is 9.26 Å². The SMILES string of the molecule is CC[C@@H](OC(=O)c1n[nH]c2ccccc12)C(=O)Nc1cc(C)on1. The molecule has 3 aromatic rings. The molecule has 1 aromatic carbocycles. The van der Waals surface area contributed by atoms with Gasteiger partial charge in [0.2, 0.25) is 0 Å². The van der Waals surface area contributed by atoms with E-state index in [1.807, 2.05) is 6.07 Å². The monoisotopic (exact) mass is 328 g/mol. The number of rotatable bonds is 5.